The molecule has 0 aromatic carbocycles. The predicted molar refractivity (Wildman–Crippen MR) is 46.8 cm³/mol. The first kappa shape index (κ1) is 8.05. The second-order valence-electron chi connectivity index (χ2n) is 4.39. The smallest absolute Gasteiger partial charge is 0.220 e. The van der Waals surface area contributed by atoms with E-state index < -0.39 is 0 Å². The van der Waals surface area contributed by atoms with E-state index in [4.69, 9.17) is 0 Å². The highest BCUT2D eigenvalue weighted by Gasteiger charge is 2.45. The predicted octanol–water partition coefficient (Wildman–Crippen LogP) is 0.217. The Morgan fingerprint density at radius 2 is 2.42 bits per heavy atom. The van der Waals surface area contributed by atoms with E-state index >= 15 is 0 Å². The Morgan fingerprint density at radius 3 is 3.17 bits per heavy atom. The van der Waals surface area contributed by atoms with Crippen molar-refractivity contribution in [2.75, 3.05) is 20.1 Å². The van der Waals surface area contributed by atoms with Crippen LogP contribution in [0.15, 0.2) is 0 Å². The summed E-state index contributed by atoms with van der Waals surface area (Å²) >= 11 is 0. The zero-order valence-electron chi connectivity index (χ0n) is 7.76. The minimum Gasteiger partial charge on any atom is -0.349 e. The molecule has 0 bridgehead atoms. The summed E-state index contributed by atoms with van der Waals surface area (Å²) in [6.07, 6.45) is 1.90. The molecule has 2 rings (SSSR count). The fourth-order valence-corrected chi connectivity index (χ4v) is 2.53. The molecule has 68 valence electrons. The summed E-state index contributed by atoms with van der Waals surface area (Å²) in [6.45, 7) is 4.30. The molecule has 2 heterocycles. The fourth-order valence-electron chi connectivity index (χ4n) is 2.53. The highest BCUT2D eigenvalue weighted by Crippen LogP contribution is 2.33. The van der Waals surface area contributed by atoms with Crippen molar-refractivity contribution < 1.29 is 4.79 Å². The highest BCUT2D eigenvalue weighted by molar-refractivity contribution is 5.80. The number of piperidine rings is 1. The van der Waals surface area contributed by atoms with Crippen molar-refractivity contribution in [2.45, 2.75) is 25.3 Å². The maximum Gasteiger partial charge on any atom is 0.220 e. The van der Waals surface area contributed by atoms with Crippen LogP contribution in [0.4, 0.5) is 0 Å². The molecule has 2 unspecified atom stereocenters. The molecular weight excluding hydrogens is 152 g/mol. The molecule has 0 aromatic rings. The molecule has 3 heteroatoms. The van der Waals surface area contributed by atoms with Gasteiger partial charge in [-0.25, -0.2) is 0 Å². The summed E-state index contributed by atoms with van der Waals surface area (Å²) in [7, 11) is 2.12. The first-order chi connectivity index (χ1) is 5.60. The van der Waals surface area contributed by atoms with Gasteiger partial charge in [0.1, 0.15) is 0 Å². The molecule has 1 N–H and O–H groups in total. The third-order valence-electron chi connectivity index (χ3n) is 3.22. The van der Waals surface area contributed by atoms with Gasteiger partial charge < -0.3 is 10.2 Å². The summed E-state index contributed by atoms with van der Waals surface area (Å²) in [6, 6.07) is 0. The van der Waals surface area contributed by atoms with Crippen LogP contribution in [-0.4, -0.2) is 36.5 Å². The summed E-state index contributed by atoms with van der Waals surface area (Å²) in [5, 5.41) is 3.08. The second kappa shape index (κ2) is 2.46. The quantitative estimate of drug-likeness (QED) is 0.561. The van der Waals surface area contributed by atoms with Crippen LogP contribution in [0, 0.1) is 5.92 Å². The topological polar surface area (TPSA) is 32.3 Å². The van der Waals surface area contributed by atoms with Crippen LogP contribution in [0.5, 0.6) is 0 Å². The number of likely N-dealkylation sites (N-methyl/N-ethyl adjacent to an activating group) is 1. The standard InChI is InChI=1S/C9H16N2O/c1-9-6-11(2)4-3-7(9)5-8(12)10-9/h7H,3-6H2,1-2H3,(H,10,12). The number of rotatable bonds is 0. The van der Waals surface area contributed by atoms with Crippen molar-refractivity contribution in [2.24, 2.45) is 5.92 Å². The summed E-state index contributed by atoms with van der Waals surface area (Å²) in [5.41, 5.74) is 0.0596. The second-order valence-corrected chi connectivity index (χ2v) is 4.39. The van der Waals surface area contributed by atoms with E-state index in [1.807, 2.05) is 0 Å². The minimum absolute atomic E-state index is 0.0596. The first-order valence-electron chi connectivity index (χ1n) is 4.60. The van der Waals surface area contributed by atoms with Gasteiger partial charge in [-0.15, -0.1) is 0 Å². The van der Waals surface area contributed by atoms with Crippen molar-refractivity contribution in [3.8, 4) is 0 Å². The normalized spacial score (nSPS) is 42.5. The van der Waals surface area contributed by atoms with Crippen LogP contribution in [0.3, 0.4) is 0 Å². The molecule has 0 radical (unpaired) electrons. The SMILES string of the molecule is CN1CCC2CC(=O)NC2(C)C1. The number of amides is 1. The van der Waals surface area contributed by atoms with Gasteiger partial charge >= 0.3 is 0 Å². The van der Waals surface area contributed by atoms with Gasteiger partial charge in [-0.05, 0) is 32.9 Å². The van der Waals surface area contributed by atoms with E-state index in [0.29, 0.717) is 5.92 Å². The number of hydrogen-bond acceptors (Lipinski definition) is 2. The molecule has 3 nitrogen and oxygen atoms in total. The Kier molecular flexibility index (Phi) is 1.65. The van der Waals surface area contributed by atoms with Crippen LogP contribution in [-0.2, 0) is 4.79 Å². The summed E-state index contributed by atoms with van der Waals surface area (Å²) < 4.78 is 0. The average molecular weight is 168 g/mol. The van der Waals surface area contributed by atoms with Crippen molar-refractivity contribution in [3.63, 3.8) is 0 Å². The van der Waals surface area contributed by atoms with Gasteiger partial charge in [0.15, 0.2) is 0 Å². The van der Waals surface area contributed by atoms with E-state index in [2.05, 4.69) is 24.2 Å². The minimum atomic E-state index is 0.0596. The highest BCUT2D eigenvalue weighted by atomic mass is 16.2. The van der Waals surface area contributed by atoms with E-state index in [1.54, 1.807) is 0 Å². The Morgan fingerprint density at radius 1 is 1.67 bits per heavy atom. The zero-order chi connectivity index (χ0) is 8.77. The molecule has 0 aromatic heterocycles. The van der Waals surface area contributed by atoms with Crippen molar-refractivity contribution in [1.29, 1.82) is 0 Å². The van der Waals surface area contributed by atoms with Crippen molar-refractivity contribution >= 4 is 5.91 Å². The number of fused-ring (bicyclic) bond motifs is 1. The van der Waals surface area contributed by atoms with Crippen LogP contribution >= 0.6 is 0 Å². The van der Waals surface area contributed by atoms with Gasteiger partial charge in [0.05, 0.1) is 5.54 Å². The first-order valence-corrected chi connectivity index (χ1v) is 4.60. The third kappa shape index (κ3) is 1.12. The van der Waals surface area contributed by atoms with Crippen LogP contribution < -0.4 is 5.32 Å². The molecule has 2 atom stereocenters. The molecule has 2 fully saturated rings. The number of likely N-dealkylation sites (tertiary alicyclic amines) is 1. The van der Waals surface area contributed by atoms with Gasteiger partial charge in [0.2, 0.25) is 5.91 Å². The lowest BCUT2D eigenvalue weighted by molar-refractivity contribution is -0.119. The molecular formula is C9H16N2O. The number of nitrogens with zero attached hydrogens (tertiary/aromatic N) is 1. The Bertz CT molecular complexity index is 217. The lowest BCUT2D eigenvalue weighted by Crippen LogP contribution is -2.55. The summed E-state index contributed by atoms with van der Waals surface area (Å²) in [5.74, 6) is 0.805. The number of carbonyl (C=O) groups excluding carboxylic acids is 1. The maximum absolute atomic E-state index is 11.2. The number of nitrogens with one attached hydrogen (secondary N) is 1. The van der Waals surface area contributed by atoms with Gasteiger partial charge in [0.25, 0.3) is 0 Å². The molecule has 0 saturated carbocycles. The lowest BCUT2D eigenvalue weighted by Gasteiger charge is -2.40. The lowest BCUT2D eigenvalue weighted by atomic mass is 9.81. The monoisotopic (exact) mass is 168 g/mol. The largest absolute Gasteiger partial charge is 0.349 e. The van der Waals surface area contributed by atoms with Gasteiger partial charge in [-0.1, -0.05) is 0 Å². The van der Waals surface area contributed by atoms with Crippen LogP contribution in [0.2, 0.25) is 0 Å². The zero-order valence-corrected chi connectivity index (χ0v) is 7.76. The molecule has 2 aliphatic rings. The molecule has 1 amide bonds. The van der Waals surface area contributed by atoms with Crippen LogP contribution in [0.25, 0.3) is 0 Å². The van der Waals surface area contributed by atoms with E-state index in [0.717, 1.165) is 25.9 Å². The van der Waals surface area contributed by atoms with Crippen molar-refractivity contribution in [3.05, 3.63) is 0 Å². The molecule has 2 aliphatic heterocycles. The summed E-state index contributed by atoms with van der Waals surface area (Å²) in [4.78, 5) is 13.5. The van der Waals surface area contributed by atoms with E-state index in [1.165, 1.54) is 0 Å². The van der Waals surface area contributed by atoms with Gasteiger partial charge in [-0.2, -0.15) is 0 Å². The van der Waals surface area contributed by atoms with E-state index in [-0.39, 0.29) is 11.4 Å². The fraction of sp³-hybridized carbons (Fsp3) is 0.889. The van der Waals surface area contributed by atoms with Gasteiger partial charge in [0, 0.05) is 13.0 Å². The Hall–Kier alpha value is -0.570. The van der Waals surface area contributed by atoms with Crippen LogP contribution in [0.1, 0.15) is 19.8 Å². The number of hydrogen-bond donors (Lipinski definition) is 1. The van der Waals surface area contributed by atoms with E-state index in [9.17, 15) is 4.79 Å². The molecule has 12 heavy (non-hydrogen) atoms. The molecule has 0 aliphatic carbocycles. The van der Waals surface area contributed by atoms with Gasteiger partial charge in [-0.3, -0.25) is 4.79 Å². The Balaban J connectivity index is 2.16. The Labute approximate surface area is 73.1 Å². The van der Waals surface area contributed by atoms with Crippen molar-refractivity contribution in [1.82, 2.24) is 10.2 Å². The maximum atomic E-state index is 11.2. The number of carbonyl (C=O) groups is 1. The third-order valence-corrected chi connectivity index (χ3v) is 3.22. The molecule has 2 saturated heterocycles. The average Bonchev–Trinajstić information content (AvgIpc) is 2.22. The molecule has 0 spiro atoms.